The summed E-state index contributed by atoms with van der Waals surface area (Å²) >= 11 is 3.36. The summed E-state index contributed by atoms with van der Waals surface area (Å²) in [5.74, 6) is -0.837. The van der Waals surface area contributed by atoms with Crippen LogP contribution in [0.15, 0.2) is 88.2 Å². The second-order valence-corrected chi connectivity index (χ2v) is 10.9. The van der Waals surface area contributed by atoms with Gasteiger partial charge in [-0.3, -0.25) is 13.9 Å². The maximum Gasteiger partial charge on any atom is 0.264 e. The molecule has 1 N–H and O–H groups in total. The maximum absolute atomic E-state index is 13.6. The number of nitrogens with one attached hydrogen (secondary N) is 1. The lowest BCUT2D eigenvalue weighted by molar-refractivity contribution is -0.139. The molecule has 0 saturated carbocycles. The summed E-state index contributed by atoms with van der Waals surface area (Å²) in [6, 6.07) is 21.5. The number of anilines is 1. The highest BCUT2D eigenvalue weighted by Crippen LogP contribution is 2.26. The van der Waals surface area contributed by atoms with Crippen LogP contribution >= 0.6 is 15.9 Å². The SMILES string of the molecule is CNC(=O)[C@H](C)N(Cc1ccc(C)cc1)C(=O)CN(c1ccc(Br)cc1)S(=O)(=O)c1ccccc1. The lowest BCUT2D eigenvalue weighted by atomic mass is 10.1. The van der Waals surface area contributed by atoms with Crippen LogP contribution in [0.25, 0.3) is 0 Å². The minimum Gasteiger partial charge on any atom is -0.357 e. The van der Waals surface area contributed by atoms with Crippen LogP contribution < -0.4 is 9.62 Å². The van der Waals surface area contributed by atoms with Gasteiger partial charge >= 0.3 is 0 Å². The molecule has 3 rings (SSSR count). The highest BCUT2D eigenvalue weighted by molar-refractivity contribution is 9.10. The Balaban J connectivity index is 2.00. The molecule has 3 aromatic rings. The van der Waals surface area contributed by atoms with Crippen molar-refractivity contribution in [1.29, 1.82) is 0 Å². The molecule has 0 saturated heterocycles. The van der Waals surface area contributed by atoms with Crippen molar-refractivity contribution in [3.63, 3.8) is 0 Å². The summed E-state index contributed by atoms with van der Waals surface area (Å²) in [7, 11) is -2.55. The molecule has 35 heavy (non-hydrogen) atoms. The molecule has 0 aromatic heterocycles. The number of likely N-dealkylation sites (N-methyl/N-ethyl adjacent to an activating group) is 1. The van der Waals surface area contributed by atoms with Crippen molar-refractivity contribution in [3.8, 4) is 0 Å². The zero-order valence-electron chi connectivity index (χ0n) is 19.8. The van der Waals surface area contributed by atoms with Gasteiger partial charge in [0.2, 0.25) is 11.8 Å². The molecule has 0 aliphatic carbocycles. The van der Waals surface area contributed by atoms with E-state index in [9.17, 15) is 18.0 Å². The average molecular weight is 558 g/mol. The number of halogens is 1. The molecule has 2 amide bonds. The van der Waals surface area contributed by atoms with Gasteiger partial charge in [-0.15, -0.1) is 0 Å². The predicted molar refractivity (Wildman–Crippen MR) is 140 cm³/mol. The summed E-state index contributed by atoms with van der Waals surface area (Å²) in [6.45, 7) is 3.28. The van der Waals surface area contributed by atoms with E-state index in [4.69, 9.17) is 0 Å². The first-order valence-electron chi connectivity index (χ1n) is 11.0. The molecule has 0 radical (unpaired) electrons. The third kappa shape index (κ3) is 6.49. The number of amides is 2. The van der Waals surface area contributed by atoms with E-state index in [1.54, 1.807) is 49.4 Å². The van der Waals surface area contributed by atoms with Gasteiger partial charge in [0.05, 0.1) is 10.6 Å². The summed E-state index contributed by atoms with van der Waals surface area (Å²) in [5.41, 5.74) is 2.25. The predicted octanol–water partition coefficient (Wildman–Crippen LogP) is 4.12. The molecule has 0 fully saturated rings. The summed E-state index contributed by atoms with van der Waals surface area (Å²) < 4.78 is 29.0. The Morgan fingerprint density at radius 3 is 2.11 bits per heavy atom. The monoisotopic (exact) mass is 557 g/mol. The van der Waals surface area contributed by atoms with E-state index in [1.165, 1.54) is 24.1 Å². The Labute approximate surface area is 214 Å². The lowest BCUT2D eigenvalue weighted by Gasteiger charge is -2.31. The molecular formula is C26H28BrN3O4S. The minimum absolute atomic E-state index is 0.0696. The van der Waals surface area contributed by atoms with Crippen LogP contribution in [-0.2, 0) is 26.2 Å². The van der Waals surface area contributed by atoms with Crippen molar-refractivity contribution < 1.29 is 18.0 Å². The number of benzene rings is 3. The van der Waals surface area contributed by atoms with Gasteiger partial charge in [0.1, 0.15) is 12.6 Å². The molecule has 1 atom stereocenters. The molecule has 0 unspecified atom stereocenters. The topological polar surface area (TPSA) is 86.8 Å². The number of aryl methyl sites for hydroxylation is 1. The molecule has 7 nitrogen and oxygen atoms in total. The molecule has 0 bridgehead atoms. The summed E-state index contributed by atoms with van der Waals surface area (Å²) in [6.07, 6.45) is 0. The van der Waals surface area contributed by atoms with Crippen molar-refractivity contribution in [2.75, 3.05) is 17.9 Å². The third-order valence-electron chi connectivity index (χ3n) is 5.61. The van der Waals surface area contributed by atoms with Gasteiger partial charge in [-0.25, -0.2) is 8.42 Å². The first-order valence-corrected chi connectivity index (χ1v) is 13.3. The van der Waals surface area contributed by atoms with E-state index >= 15 is 0 Å². The normalized spacial score (nSPS) is 12.0. The van der Waals surface area contributed by atoms with E-state index in [0.717, 1.165) is 19.9 Å². The van der Waals surface area contributed by atoms with Crippen molar-refractivity contribution in [2.45, 2.75) is 31.3 Å². The van der Waals surface area contributed by atoms with Crippen LogP contribution in [0.5, 0.6) is 0 Å². The van der Waals surface area contributed by atoms with Crippen molar-refractivity contribution in [2.24, 2.45) is 0 Å². The van der Waals surface area contributed by atoms with Crippen LogP contribution in [0.2, 0.25) is 0 Å². The van der Waals surface area contributed by atoms with Gasteiger partial charge in [-0.1, -0.05) is 64.0 Å². The highest BCUT2D eigenvalue weighted by Gasteiger charge is 2.32. The van der Waals surface area contributed by atoms with E-state index in [-0.39, 0.29) is 17.3 Å². The van der Waals surface area contributed by atoms with Crippen molar-refractivity contribution in [1.82, 2.24) is 10.2 Å². The Bertz CT molecular complexity index is 1260. The van der Waals surface area contributed by atoms with Gasteiger partial charge < -0.3 is 10.2 Å². The van der Waals surface area contributed by atoms with Crippen LogP contribution in [0.1, 0.15) is 18.1 Å². The number of sulfonamides is 1. The fourth-order valence-corrected chi connectivity index (χ4v) is 5.24. The van der Waals surface area contributed by atoms with Crippen LogP contribution in [0.3, 0.4) is 0 Å². The second-order valence-electron chi connectivity index (χ2n) is 8.10. The van der Waals surface area contributed by atoms with E-state index in [1.807, 2.05) is 31.2 Å². The number of carbonyl (C=O) groups excluding carboxylic acids is 2. The molecule has 0 aliphatic rings. The van der Waals surface area contributed by atoms with Gasteiger partial charge in [0.25, 0.3) is 10.0 Å². The fraction of sp³-hybridized carbons (Fsp3) is 0.231. The van der Waals surface area contributed by atoms with Crippen molar-refractivity contribution in [3.05, 3.63) is 94.5 Å². The van der Waals surface area contributed by atoms with Gasteiger partial charge in [-0.05, 0) is 55.8 Å². The van der Waals surface area contributed by atoms with E-state index < -0.39 is 28.5 Å². The zero-order valence-corrected chi connectivity index (χ0v) is 22.2. The molecule has 0 heterocycles. The van der Waals surface area contributed by atoms with Crippen LogP contribution in [0, 0.1) is 6.92 Å². The molecular weight excluding hydrogens is 530 g/mol. The first kappa shape index (κ1) is 26.4. The minimum atomic E-state index is -4.06. The molecule has 184 valence electrons. The first-order chi connectivity index (χ1) is 16.6. The van der Waals surface area contributed by atoms with Crippen molar-refractivity contribution >= 4 is 43.5 Å². The van der Waals surface area contributed by atoms with Crippen LogP contribution in [-0.4, -0.2) is 44.8 Å². The maximum atomic E-state index is 13.6. The zero-order chi connectivity index (χ0) is 25.6. The largest absolute Gasteiger partial charge is 0.357 e. The number of nitrogens with zero attached hydrogens (tertiary/aromatic N) is 2. The van der Waals surface area contributed by atoms with E-state index in [0.29, 0.717) is 5.69 Å². The summed E-state index contributed by atoms with van der Waals surface area (Å²) in [4.78, 5) is 27.6. The quantitative estimate of drug-likeness (QED) is 0.428. The standard InChI is InChI=1S/C26H28BrN3O4S/c1-19-9-11-21(12-10-19)17-29(20(2)26(32)28-3)25(31)18-30(23-15-13-22(27)14-16-23)35(33,34)24-7-5-4-6-8-24/h4-16,20H,17-18H2,1-3H3,(H,28,32)/t20-/m0/s1. The fourth-order valence-electron chi connectivity index (χ4n) is 3.54. The number of carbonyl (C=O) groups is 2. The van der Waals surface area contributed by atoms with Gasteiger partial charge in [0, 0.05) is 18.1 Å². The Morgan fingerprint density at radius 2 is 1.54 bits per heavy atom. The van der Waals surface area contributed by atoms with Gasteiger partial charge in [-0.2, -0.15) is 0 Å². The molecule has 0 spiro atoms. The lowest BCUT2D eigenvalue weighted by Crippen LogP contribution is -2.50. The Hall–Kier alpha value is -3.17. The van der Waals surface area contributed by atoms with Gasteiger partial charge in [0.15, 0.2) is 0 Å². The Morgan fingerprint density at radius 1 is 0.943 bits per heavy atom. The summed E-state index contributed by atoms with van der Waals surface area (Å²) in [5, 5.41) is 2.57. The van der Waals surface area contributed by atoms with E-state index in [2.05, 4.69) is 21.2 Å². The average Bonchev–Trinajstić information content (AvgIpc) is 2.87. The third-order valence-corrected chi connectivity index (χ3v) is 7.93. The second kappa shape index (κ2) is 11.5. The van der Waals surface area contributed by atoms with Crippen LogP contribution in [0.4, 0.5) is 5.69 Å². The highest BCUT2D eigenvalue weighted by atomic mass is 79.9. The number of hydrogen-bond acceptors (Lipinski definition) is 4. The smallest absolute Gasteiger partial charge is 0.264 e. The Kier molecular flexibility index (Phi) is 8.69. The number of rotatable bonds is 9. The number of hydrogen-bond donors (Lipinski definition) is 1. The molecule has 9 heteroatoms. The molecule has 0 aliphatic heterocycles. The molecule has 3 aromatic carbocycles.